The SMILES string of the molecule is CNC(=O)C1(COC)CCCN1C(=O)CC(C)(C)O. The van der Waals surface area contributed by atoms with E-state index in [0.29, 0.717) is 13.0 Å². The minimum atomic E-state index is -1.08. The molecule has 1 fully saturated rings. The topological polar surface area (TPSA) is 78.9 Å². The summed E-state index contributed by atoms with van der Waals surface area (Å²) >= 11 is 0. The zero-order valence-corrected chi connectivity index (χ0v) is 12.2. The standard InChI is InChI=1S/C13H24N2O4/c1-12(2,18)8-10(16)15-7-5-6-13(15,9-19-4)11(17)14-3/h18H,5-9H2,1-4H3,(H,14,17). The Labute approximate surface area is 114 Å². The summed E-state index contributed by atoms with van der Waals surface area (Å²) in [5, 5.41) is 12.4. The van der Waals surface area contributed by atoms with E-state index >= 15 is 0 Å². The first-order chi connectivity index (χ1) is 8.77. The Morgan fingerprint density at radius 1 is 1.47 bits per heavy atom. The predicted octanol–water partition coefficient (Wildman–Crippen LogP) is -0.0990. The first kappa shape index (κ1) is 15.9. The van der Waals surface area contributed by atoms with Crippen LogP contribution in [0.1, 0.15) is 33.1 Å². The molecular weight excluding hydrogens is 248 g/mol. The molecule has 1 rings (SSSR count). The number of carbonyl (C=O) groups is 2. The lowest BCUT2D eigenvalue weighted by atomic mass is 9.94. The van der Waals surface area contributed by atoms with Crippen molar-refractivity contribution in [2.24, 2.45) is 0 Å². The number of amides is 2. The largest absolute Gasteiger partial charge is 0.390 e. The maximum absolute atomic E-state index is 12.3. The summed E-state index contributed by atoms with van der Waals surface area (Å²) in [5.41, 5.74) is -2.02. The van der Waals surface area contributed by atoms with Crippen LogP contribution >= 0.6 is 0 Å². The van der Waals surface area contributed by atoms with Gasteiger partial charge in [-0.3, -0.25) is 9.59 Å². The van der Waals surface area contributed by atoms with Crippen molar-refractivity contribution in [1.29, 1.82) is 0 Å². The molecule has 6 heteroatoms. The number of methoxy groups -OCH3 is 1. The summed E-state index contributed by atoms with van der Waals surface area (Å²) in [7, 11) is 3.07. The van der Waals surface area contributed by atoms with E-state index in [-0.39, 0.29) is 24.8 Å². The maximum atomic E-state index is 12.3. The molecule has 1 saturated heterocycles. The fraction of sp³-hybridized carbons (Fsp3) is 0.846. The molecular formula is C13H24N2O4. The van der Waals surface area contributed by atoms with Gasteiger partial charge in [0.25, 0.3) is 0 Å². The lowest BCUT2D eigenvalue weighted by molar-refractivity contribution is -0.150. The molecule has 0 aromatic rings. The van der Waals surface area contributed by atoms with Crippen LogP contribution in [0.4, 0.5) is 0 Å². The summed E-state index contributed by atoms with van der Waals surface area (Å²) in [4.78, 5) is 26.0. The van der Waals surface area contributed by atoms with Gasteiger partial charge in [0.1, 0.15) is 5.54 Å². The van der Waals surface area contributed by atoms with Gasteiger partial charge >= 0.3 is 0 Å². The smallest absolute Gasteiger partial charge is 0.248 e. The molecule has 0 saturated carbocycles. The van der Waals surface area contributed by atoms with Gasteiger partial charge in [-0.1, -0.05) is 0 Å². The highest BCUT2D eigenvalue weighted by atomic mass is 16.5. The van der Waals surface area contributed by atoms with E-state index in [2.05, 4.69) is 5.32 Å². The van der Waals surface area contributed by atoms with E-state index in [1.54, 1.807) is 25.8 Å². The van der Waals surface area contributed by atoms with Crippen molar-refractivity contribution in [2.45, 2.75) is 44.2 Å². The predicted molar refractivity (Wildman–Crippen MR) is 70.5 cm³/mol. The van der Waals surface area contributed by atoms with Crippen LogP contribution in [-0.2, 0) is 14.3 Å². The molecule has 1 aliphatic rings. The van der Waals surface area contributed by atoms with Crippen LogP contribution in [0.25, 0.3) is 0 Å². The summed E-state index contributed by atoms with van der Waals surface area (Å²) in [5.74, 6) is -0.429. The average Bonchev–Trinajstić information content (AvgIpc) is 2.71. The monoisotopic (exact) mass is 272 g/mol. The molecule has 0 aromatic carbocycles. The van der Waals surface area contributed by atoms with Gasteiger partial charge in [0.05, 0.1) is 18.6 Å². The third-order valence-corrected chi connectivity index (χ3v) is 3.41. The summed E-state index contributed by atoms with van der Waals surface area (Å²) in [6.45, 7) is 3.85. The second-order valence-corrected chi connectivity index (χ2v) is 5.68. The molecule has 0 aromatic heterocycles. The van der Waals surface area contributed by atoms with Crippen molar-refractivity contribution in [3.8, 4) is 0 Å². The number of hydrogen-bond acceptors (Lipinski definition) is 4. The van der Waals surface area contributed by atoms with Gasteiger partial charge in [-0.25, -0.2) is 0 Å². The van der Waals surface area contributed by atoms with E-state index < -0.39 is 11.1 Å². The number of rotatable bonds is 5. The van der Waals surface area contributed by atoms with Crippen LogP contribution in [-0.4, -0.2) is 60.3 Å². The maximum Gasteiger partial charge on any atom is 0.248 e. The highest BCUT2D eigenvalue weighted by molar-refractivity contribution is 5.92. The number of nitrogens with one attached hydrogen (secondary N) is 1. The van der Waals surface area contributed by atoms with Crippen LogP contribution < -0.4 is 5.32 Å². The van der Waals surface area contributed by atoms with Gasteiger partial charge in [-0.05, 0) is 26.7 Å². The van der Waals surface area contributed by atoms with Gasteiger partial charge in [-0.2, -0.15) is 0 Å². The molecule has 0 spiro atoms. The second kappa shape index (κ2) is 5.88. The molecule has 0 bridgehead atoms. The summed E-state index contributed by atoms with van der Waals surface area (Å²) in [6.07, 6.45) is 1.34. The number of likely N-dealkylation sites (N-methyl/N-ethyl adjacent to an activating group) is 1. The van der Waals surface area contributed by atoms with Crippen molar-refractivity contribution in [2.75, 3.05) is 27.3 Å². The molecule has 6 nitrogen and oxygen atoms in total. The number of hydrogen-bond donors (Lipinski definition) is 2. The lowest BCUT2D eigenvalue weighted by Crippen LogP contribution is -2.60. The number of aliphatic hydroxyl groups is 1. The number of nitrogens with zero attached hydrogens (tertiary/aromatic N) is 1. The second-order valence-electron chi connectivity index (χ2n) is 5.68. The molecule has 1 unspecified atom stereocenters. The van der Waals surface area contributed by atoms with E-state index in [1.165, 1.54) is 7.11 Å². The molecule has 2 amide bonds. The number of ether oxygens (including phenoxy) is 1. The highest BCUT2D eigenvalue weighted by Crippen LogP contribution is 2.31. The Hall–Kier alpha value is -1.14. The van der Waals surface area contributed by atoms with Crippen LogP contribution in [0.2, 0.25) is 0 Å². The van der Waals surface area contributed by atoms with Crippen molar-refractivity contribution in [3.63, 3.8) is 0 Å². The van der Waals surface area contributed by atoms with Crippen molar-refractivity contribution in [3.05, 3.63) is 0 Å². The average molecular weight is 272 g/mol. The molecule has 19 heavy (non-hydrogen) atoms. The Morgan fingerprint density at radius 2 is 2.11 bits per heavy atom. The number of carbonyl (C=O) groups excluding carboxylic acids is 2. The molecule has 0 radical (unpaired) electrons. The van der Waals surface area contributed by atoms with E-state index in [4.69, 9.17) is 4.74 Å². The zero-order valence-electron chi connectivity index (χ0n) is 12.2. The third-order valence-electron chi connectivity index (χ3n) is 3.41. The molecule has 1 aliphatic heterocycles. The molecule has 1 heterocycles. The number of likely N-dealkylation sites (tertiary alicyclic amines) is 1. The fourth-order valence-electron chi connectivity index (χ4n) is 2.63. The Kier molecular flexibility index (Phi) is 4.92. The third kappa shape index (κ3) is 3.45. The molecule has 2 N–H and O–H groups in total. The van der Waals surface area contributed by atoms with E-state index in [0.717, 1.165) is 6.42 Å². The van der Waals surface area contributed by atoms with Crippen LogP contribution in [0.15, 0.2) is 0 Å². The highest BCUT2D eigenvalue weighted by Gasteiger charge is 2.49. The molecule has 1 atom stereocenters. The zero-order chi connectivity index (χ0) is 14.7. The molecule has 110 valence electrons. The van der Waals surface area contributed by atoms with Gasteiger partial charge < -0.3 is 20.1 Å². The van der Waals surface area contributed by atoms with E-state index in [9.17, 15) is 14.7 Å². The normalized spacial score (nSPS) is 23.5. The van der Waals surface area contributed by atoms with Crippen LogP contribution in [0.5, 0.6) is 0 Å². The van der Waals surface area contributed by atoms with E-state index in [1.807, 2.05) is 0 Å². The minimum Gasteiger partial charge on any atom is -0.390 e. The van der Waals surface area contributed by atoms with Gasteiger partial charge in [0.2, 0.25) is 11.8 Å². The minimum absolute atomic E-state index is 0.00451. The Balaban J connectivity index is 2.96. The lowest BCUT2D eigenvalue weighted by Gasteiger charge is -2.37. The quantitative estimate of drug-likeness (QED) is 0.732. The Bertz CT molecular complexity index is 351. The fourth-order valence-corrected chi connectivity index (χ4v) is 2.63. The Morgan fingerprint density at radius 3 is 2.58 bits per heavy atom. The van der Waals surface area contributed by atoms with Crippen molar-refractivity contribution < 1.29 is 19.4 Å². The van der Waals surface area contributed by atoms with Gasteiger partial charge in [0, 0.05) is 20.7 Å². The summed E-state index contributed by atoms with van der Waals surface area (Å²) < 4.78 is 5.15. The summed E-state index contributed by atoms with van der Waals surface area (Å²) in [6, 6.07) is 0. The van der Waals surface area contributed by atoms with Crippen molar-refractivity contribution >= 4 is 11.8 Å². The molecule has 0 aliphatic carbocycles. The van der Waals surface area contributed by atoms with Gasteiger partial charge in [0.15, 0.2) is 0 Å². The first-order valence-corrected chi connectivity index (χ1v) is 6.51. The van der Waals surface area contributed by atoms with Crippen LogP contribution in [0.3, 0.4) is 0 Å². The first-order valence-electron chi connectivity index (χ1n) is 6.51. The van der Waals surface area contributed by atoms with Gasteiger partial charge in [-0.15, -0.1) is 0 Å². The van der Waals surface area contributed by atoms with Crippen LogP contribution in [0, 0.1) is 0 Å². The van der Waals surface area contributed by atoms with Crippen molar-refractivity contribution in [1.82, 2.24) is 10.2 Å².